The van der Waals surface area contributed by atoms with Crippen molar-refractivity contribution in [1.82, 2.24) is 29.8 Å². The lowest BCUT2D eigenvalue weighted by Crippen LogP contribution is -2.23. The molecule has 0 aliphatic heterocycles. The first-order chi connectivity index (χ1) is 11.3. The van der Waals surface area contributed by atoms with Gasteiger partial charge in [0, 0.05) is 11.4 Å². The van der Waals surface area contributed by atoms with Gasteiger partial charge in [-0.25, -0.2) is 9.67 Å². The molecule has 0 saturated heterocycles. The predicted octanol–water partition coefficient (Wildman–Crippen LogP) is 1.78. The minimum atomic E-state index is 0.0273. The normalized spacial score (nSPS) is 13.8. The number of thiophene rings is 1. The molecular formula is C15H18N6OS. The molecule has 0 radical (unpaired) electrons. The molecule has 1 aliphatic carbocycles. The van der Waals surface area contributed by atoms with Crippen LogP contribution < -0.4 is 5.56 Å². The first-order valence-corrected chi connectivity index (χ1v) is 8.84. The highest BCUT2D eigenvalue weighted by Crippen LogP contribution is 2.34. The van der Waals surface area contributed by atoms with Gasteiger partial charge >= 0.3 is 0 Å². The van der Waals surface area contributed by atoms with Crippen LogP contribution in [0.4, 0.5) is 0 Å². The molecule has 0 atom stereocenters. The molecule has 0 amide bonds. The van der Waals surface area contributed by atoms with Crippen LogP contribution in [0.2, 0.25) is 0 Å². The molecule has 0 N–H and O–H groups in total. The molecule has 4 rings (SSSR count). The molecule has 0 aromatic carbocycles. The molecule has 120 valence electrons. The Morgan fingerprint density at radius 2 is 2.26 bits per heavy atom. The average molecular weight is 330 g/mol. The zero-order valence-electron chi connectivity index (χ0n) is 13.0. The number of nitrogens with zero attached hydrogens (tertiary/aromatic N) is 6. The van der Waals surface area contributed by atoms with Crippen LogP contribution in [0.15, 0.2) is 11.1 Å². The van der Waals surface area contributed by atoms with Gasteiger partial charge in [-0.2, -0.15) is 0 Å². The second-order valence-electron chi connectivity index (χ2n) is 5.89. The van der Waals surface area contributed by atoms with Crippen LogP contribution in [-0.4, -0.2) is 29.8 Å². The fourth-order valence-corrected chi connectivity index (χ4v) is 4.32. The summed E-state index contributed by atoms with van der Waals surface area (Å²) in [5.41, 5.74) is 1.24. The van der Waals surface area contributed by atoms with E-state index in [1.165, 1.54) is 10.4 Å². The molecule has 0 unspecified atom stereocenters. The zero-order chi connectivity index (χ0) is 15.8. The van der Waals surface area contributed by atoms with E-state index in [9.17, 15) is 4.79 Å². The van der Waals surface area contributed by atoms with E-state index in [1.54, 1.807) is 26.9 Å². The molecule has 0 bridgehead atoms. The summed E-state index contributed by atoms with van der Waals surface area (Å²) in [5, 5.41) is 12.6. The monoisotopic (exact) mass is 330 g/mol. The van der Waals surface area contributed by atoms with Crippen LogP contribution in [-0.2, 0) is 25.9 Å². The summed E-state index contributed by atoms with van der Waals surface area (Å²) in [6, 6.07) is 0. The van der Waals surface area contributed by atoms with Crippen molar-refractivity contribution in [2.75, 3.05) is 0 Å². The first-order valence-electron chi connectivity index (χ1n) is 8.02. The van der Waals surface area contributed by atoms with E-state index in [2.05, 4.69) is 27.4 Å². The smallest absolute Gasteiger partial charge is 0.262 e. The Kier molecular flexibility index (Phi) is 3.68. The SMILES string of the molecule is CCCCn1nnnc1Cn1cnc2sc3c(c2c1=O)CCC3. The molecular weight excluding hydrogens is 312 g/mol. The minimum absolute atomic E-state index is 0.0273. The predicted molar refractivity (Wildman–Crippen MR) is 87.7 cm³/mol. The van der Waals surface area contributed by atoms with Crippen molar-refractivity contribution in [3.63, 3.8) is 0 Å². The van der Waals surface area contributed by atoms with Gasteiger partial charge in [-0.3, -0.25) is 9.36 Å². The summed E-state index contributed by atoms with van der Waals surface area (Å²) in [5.74, 6) is 0.702. The third-order valence-corrected chi connectivity index (χ3v) is 5.53. The zero-order valence-corrected chi connectivity index (χ0v) is 13.8. The van der Waals surface area contributed by atoms with E-state index >= 15 is 0 Å². The van der Waals surface area contributed by atoms with E-state index in [4.69, 9.17) is 0 Å². The number of aryl methyl sites for hydroxylation is 3. The Hall–Kier alpha value is -2.09. The number of fused-ring (bicyclic) bond motifs is 3. The largest absolute Gasteiger partial charge is 0.291 e. The van der Waals surface area contributed by atoms with E-state index in [1.807, 2.05) is 0 Å². The van der Waals surface area contributed by atoms with Crippen molar-refractivity contribution in [2.24, 2.45) is 0 Å². The fourth-order valence-electron chi connectivity index (χ4n) is 3.10. The van der Waals surface area contributed by atoms with Gasteiger partial charge in [0.05, 0.1) is 18.3 Å². The molecule has 3 aromatic heterocycles. The Bertz CT molecular complexity index is 908. The Morgan fingerprint density at radius 3 is 3.13 bits per heavy atom. The van der Waals surface area contributed by atoms with Crippen LogP contribution in [0, 0.1) is 0 Å². The van der Waals surface area contributed by atoms with E-state index < -0.39 is 0 Å². The number of hydrogen-bond acceptors (Lipinski definition) is 6. The van der Waals surface area contributed by atoms with Crippen molar-refractivity contribution in [3.05, 3.63) is 32.9 Å². The number of tetrazole rings is 1. The maximum Gasteiger partial charge on any atom is 0.262 e. The molecule has 23 heavy (non-hydrogen) atoms. The summed E-state index contributed by atoms with van der Waals surface area (Å²) < 4.78 is 3.40. The minimum Gasteiger partial charge on any atom is -0.291 e. The van der Waals surface area contributed by atoms with Gasteiger partial charge in [-0.05, 0) is 41.7 Å². The van der Waals surface area contributed by atoms with E-state index in [-0.39, 0.29) is 5.56 Å². The number of hydrogen-bond donors (Lipinski definition) is 0. The maximum absolute atomic E-state index is 12.9. The summed E-state index contributed by atoms with van der Waals surface area (Å²) in [6.45, 7) is 3.27. The molecule has 3 heterocycles. The highest BCUT2D eigenvalue weighted by atomic mass is 32.1. The first kappa shape index (κ1) is 14.5. The molecule has 0 spiro atoms. The quantitative estimate of drug-likeness (QED) is 0.712. The van der Waals surface area contributed by atoms with Gasteiger partial charge in [0.1, 0.15) is 4.83 Å². The lowest BCUT2D eigenvalue weighted by molar-refractivity contribution is 0.521. The Balaban J connectivity index is 1.71. The van der Waals surface area contributed by atoms with Crippen molar-refractivity contribution in [3.8, 4) is 0 Å². The number of aromatic nitrogens is 6. The van der Waals surface area contributed by atoms with Gasteiger partial charge in [0.25, 0.3) is 5.56 Å². The summed E-state index contributed by atoms with van der Waals surface area (Å²) in [7, 11) is 0. The van der Waals surface area contributed by atoms with Crippen molar-refractivity contribution >= 4 is 21.6 Å². The number of unbranched alkanes of at least 4 members (excludes halogenated alkanes) is 1. The third-order valence-electron chi connectivity index (χ3n) is 4.33. The lowest BCUT2D eigenvalue weighted by atomic mass is 10.2. The lowest BCUT2D eigenvalue weighted by Gasteiger charge is -2.06. The van der Waals surface area contributed by atoms with Gasteiger partial charge in [0.15, 0.2) is 5.82 Å². The molecule has 0 fully saturated rings. The second kappa shape index (κ2) is 5.84. The average Bonchev–Trinajstić information content (AvgIpc) is 3.23. The van der Waals surface area contributed by atoms with E-state index in [0.717, 1.165) is 48.9 Å². The van der Waals surface area contributed by atoms with E-state index in [0.29, 0.717) is 12.4 Å². The van der Waals surface area contributed by atoms with Crippen molar-refractivity contribution < 1.29 is 0 Å². The third kappa shape index (κ3) is 2.46. The second-order valence-corrected chi connectivity index (χ2v) is 6.97. The molecule has 1 aliphatic rings. The molecule has 0 saturated carbocycles. The number of rotatable bonds is 5. The summed E-state index contributed by atoms with van der Waals surface area (Å²) >= 11 is 1.66. The van der Waals surface area contributed by atoms with Crippen LogP contribution in [0.25, 0.3) is 10.2 Å². The standard InChI is InChI=1S/C15H18N6OS/c1-2-3-7-21-12(17-18-19-21)8-20-9-16-14-13(15(20)22)10-5-4-6-11(10)23-14/h9H,2-8H2,1H3. The summed E-state index contributed by atoms with van der Waals surface area (Å²) in [6.07, 6.45) is 6.92. The van der Waals surface area contributed by atoms with Crippen LogP contribution >= 0.6 is 11.3 Å². The van der Waals surface area contributed by atoms with Crippen molar-refractivity contribution in [1.29, 1.82) is 0 Å². The van der Waals surface area contributed by atoms with Gasteiger partial charge in [-0.1, -0.05) is 13.3 Å². The Morgan fingerprint density at radius 1 is 1.35 bits per heavy atom. The van der Waals surface area contributed by atoms with Crippen LogP contribution in [0.3, 0.4) is 0 Å². The van der Waals surface area contributed by atoms with Crippen LogP contribution in [0.1, 0.15) is 42.5 Å². The van der Waals surface area contributed by atoms with Crippen LogP contribution in [0.5, 0.6) is 0 Å². The highest BCUT2D eigenvalue weighted by molar-refractivity contribution is 7.18. The summed E-state index contributed by atoms with van der Waals surface area (Å²) in [4.78, 5) is 19.5. The topological polar surface area (TPSA) is 78.5 Å². The fraction of sp³-hybridized carbons (Fsp3) is 0.533. The maximum atomic E-state index is 12.9. The van der Waals surface area contributed by atoms with Gasteiger partial charge in [-0.15, -0.1) is 16.4 Å². The molecule has 3 aromatic rings. The molecule has 7 nitrogen and oxygen atoms in total. The molecule has 8 heteroatoms. The van der Waals surface area contributed by atoms with Gasteiger partial charge < -0.3 is 0 Å². The van der Waals surface area contributed by atoms with Gasteiger partial charge in [0.2, 0.25) is 0 Å². The van der Waals surface area contributed by atoms with Crippen molar-refractivity contribution in [2.45, 2.75) is 52.1 Å². The highest BCUT2D eigenvalue weighted by Gasteiger charge is 2.21. The Labute approximate surface area is 137 Å².